The number of thioether (sulfide) groups is 1. The maximum absolute atomic E-state index is 11.5. The molecule has 19 heavy (non-hydrogen) atoms. The highest BCUT2D eigenvalue weighted by Crippen LogP contribution is 2.22. The van der Waals surface area contributed by atoms with E-state index < -0.39 is 11.2 Å². The van der Waals surface area contributed by atoms with Crippen molar-refractivity contribution in [2.75, 3.05) is 0 Å². The highest BCUT2D eigenvalue weighted by molar-refractivity contribution is 8.15. The van der Waals surface area contributed by atoms with Crippen molar-refractivity contribution < 1.29 is 14.7 Å². The minimum absolute atomic E-state index is 0.219. The first-order valence-electron chi connectivity index (χ1n) is 5.41. The van der Waals surface area contributed by atoms with Crippen LogP contribution in [0.1, 0.15) is 18.2 Å². The van der Waals surface area contributed by atoms with Gasteiger partial charge in [-0.1, -0.05) is 17.8 Å². The van der Waals surface area contributed by atoms with Crippen molar-refractivity contribution in [1.29, 1.82) is 0 Å². The lowest BCUT2D eigenvalue weighted by molar-refractivity contribution is -0.138. The summed E-state index contributed by atoms with van der Waals surface area (Å²) in [4.78, 5) is 23.0. The molecule has 1 amide bonds. The average molecular weight is 297 g/mol. The van der Waals surface area contributed by atoms with Crippen molar-refractivity contribution in [2.24, 2.45) is 10.2 Å². The number of carboxylic acids is 1. The Morgan fingerprint density at radius 3 is 3.00 bits per heavy atom. The van der Waals surface area contributed by atoms with Gasteiger partial charge in [-0.25, -0.2) is 0 Å². The summed E-state index contributed by atoms with van der Waals surface area (Å²) < 4.78 is 0. The zero-order chi connectivity index (χ0) is 13.8. The van der Waals surface area contributed by atoms with Gasteiger partial charge in [-0.3, -0.25) is 9.59 Å². The third-order valence-electron chi connectivity index (χ3n) is 2.31. The summed E-state index contributed by atoms with van der Waals surface area (Å²) in [6.45, 7) is 1.83. The molecule has 1 atom stereocenters. The summed E-state index contributed by atoms with van der Waals surface area (Å²) >= 11 is 2.64. The number of nitrogens with one attached hydrogen (secondary N) is 1. The summed E-state index contributed by atoms with van der Waals surface area (Å²) in [5.74, 6) is -1.35. The Bertz CT molecular complexity index is 552. The van der Waals surface area contributed by atoms with Crippen molar-refractivity contribution in [3.05, 3.63) is 22.4 Å². The standard InChI is InChI=1S/C11H11N3O3S2/c1-6(7-3-2-4-18-7)13-14-11-12-10(17)8(19-11)5-9(15)16/h2-4,8H,5H2,1H3,(H,15,16)(H,12,14,17). The number of aliphatic carboxylic acids is 1. The maximum Gasteiger partial charge on any atom is 0.305 e. The molecule has 0 aromatic carbocycles. The van der Waals surface area contributed by atoms with Gasteiger partial charge in [0.05, 0.1) is 17.0 Å². The molecule has 1 aliphatic heterocycles. The molecule has 8 heteroatoms. The molecular formula is C11H11N3O3S2. The molecule has 0 aliphatic carbocycles. The van der Waals surface area contributed by atoms with Gasteiger partial charge >= 0.3 is 5.97 Å². The molecule has 2 heterocycles. The van der Waals surface area contributed by atoms with Crippen LogP contribution < -0.4 is 5.32 Å². The number of thiophene rings is 1. The molecule has 1 saturated heterocycles. The minimum atomic E-state index is -1.01. The SMILES string of the molecule is CC(=NN=C1NC(=O)C(CC(=O)O)S1)c1cccs1. The Morgan fingerprint density at radius 2 is 2.37 bits per heavy atom. The van der Waals surface area contributed by atoms with Crippen LogP contribution in [0.2, 0.25) is 0 Å². The first-order valence-corrected chi connectivity index (χ1v) is 7.17. The number of carbonyl (C=O) groups excluding carboxylic acids is 1. The molecule has 0 spiro atoms. The fourth-order valence-electron chi connectivity index (χ4n) is 1.40. The van der Waals surface area contributed by atoms with E-state index >= 15 is 0 Å². The van der Waals surface area contributed by atoms with Crippen molar-refractivity contribution >= 4 is 45.9 Å². The molecule has 1 unspecified atom stereocenters. The molecule has 100 valence electrons. The molecule has 1 aromatic heterocycles. The van der Waals surface area contributed by atoms with Crippen LogP contribution in [-0.4, -0.2) is 33.1 Å². The Labute approximate surface area is 117 Å². The zero-order valence-electron chi connectivity index (χ0n) is 9.99. The van der Waals surface area contributed by atoms with Gasteiger partial charge in [0.1, 0.15) is 5.25 Å². The van der Waals surface area contributed by atoms with Crippen LogP contribution in [-0.2, 0) is 9.59 Å². The Hall–Kier alpha value is -1.67. The molecule has 2 N–H and O–H groups in total. The second-order valence-electron chi connectivity index (χ2n) is 3.76. The van der Waals surface area contributed by atoms with Gasteiger partial charge < -0.3 is 10.4 Å². The smallest absolute Gasteiger partial charge is 0.305 e. The van der Waals surface area contributed by atoms with E-state index in [0.717, 1.165) is 22.4 Å². The number of hydrogen-bond acceptors (Lipinski definition) is 6. The number of amidine groups is 1. The summed E-state index contributed by atoms with van der Waals surface area (Å²) in [6, 6.07) is 3.85. The summed E-state index contributed by atoms with van der Waals surface area (Å²) in [6.07, 6.45) is -0.219. The van der Waals surface area contributed by atoms with Crippen LogP contribution in [0.3, 0.4) is 0 Å². The van der Waals surface area contributed by atoms with Crippen LogP contribution in [0.15, 0.2) is 27.7 Å². The predicted molar refractivity (Wildman–Crippen MR) is 75.7 cm³/mol. The summed E-state index contributed by atoms with van der Waals surface area (Å²) in [5, 5.41) is 20.8. The van der Waals surface area contributed by atoms with Gasteiger partial charge in [-0.15, -0.1) is 16.4 Å². The van der Waals surface area contributed by atoms with E-state index in [1.165, 1.54) is 0 Å². The molecule has 1 aliphatic rings. The second kappa shape index (κ2) is 5.98. The second-order valence-corrected chi connectivity index (χ2v) is 5.90. The Morgan fingerprint density at radius 1 is 1.58 bits per heavy atom. The van der Waals surface area contributed by atoms with Crippen LogP contribution in [0.5, 0.6) is 0 Å². The van der Waals surface area contributed by atoms with Gasteiger partial charge in [-0.05, 0) is 18.4 Å². The van der Waals surface area contributed by atoms with Crippen LogP contribution in [0, 0.1) is 0 Å². The van der Waals surface area contributed by atoms with Crippen molar-refractivity contribution in [2.45, 2.75) is 18.6 Å². The molecule has 0 radical (unpaired) electrons. The summed E-state index contributed by atoms with van der Waals surface area (Å²) in [5.41, 5.74) is 0.749. The molecule has 2 rings (SSSR count). The highest BCUT2D eigenvalue weighted by atomic mass is 32.2. The molecule has 1 aromatic rings. The van der Waals surface area contributed by atoms with Crippen LogP contribution >= 0.6 is 23.1 Å². The van der Waals surface area contributed by atoms with Crippen molar-refractivity contribution in [3.63, 3.8) is 0 Å². The Kier molecular flexibility index (Phi) is 4.33. The number of hydrogen-bond donors (Lipinski definition) is 2. The fourth-order valence-corrected chi connectivity index (χ4v) is 2.98. The van der Waals surface area contributed by atoms with Crippen molar-refractivity contribution in [3.8, 4) is 0 Å². The minimum Gasteiger partial charge on any atom is -0.481 e. The maximum atomic E-state index is 11.5. The van der Waals surface area contributed by atoms with Gasteiger partial charge in [-0.2, -0.15) is 5.10 Å². The van der Waals surface area contributed by atoms with Gasteiger partial charge in [0.25, 0.3) is 0 Å². The lowest BCUT2D eigenvalue weighted by atomic mass is 10.3. The number of nitrogens with zero attached hydrogens (tertiary/aromatic N) is 2. The van der Waals surface area contributed by atoms with Crippen LogP contribution in [0.4, 0.5) is 0 Å². The monoisotopic (exact) mass is 297 g/mol. The molecule has 6 nitrogen and oxygen atoms in total. The molecule has 1 fully saturated rings. The van der Waals surface area contributed by atoms with Crippen molar-refractivity contribution in [1.82, 2.24) is 5.32 Å². The van der Waals surface area contributed by atoms with E-state index in [-0.39, 0.29) is 12.3 Å². The lowest BCUT2D eigenvalue weighted by Gasteiger charge is -1.98. The quantitative estimate of drug-likeness (QED) is 0.651. The largest absolute Gasteiger partial charge is 0.481 e. The first-order chi connectivity index (χ1) is 9.06. The molecule has 0 bridgehead atoms. The van der Waals surface area contributed by atoms with E-state index in [2.05, 4.69) is 15.5 Å². The van der Waals surface area contributed by atoms with Gasteiger partial charge in [0.15, 0.2) is 5.17 Å². The fraction of sp³-hybridized carbons (Fsp3) is 0.273. The Balaban J connectivity index is 2.04. The predicted octanol–water partition coefficient (Wildman–Crippen LogP) is 1.53. The third kappa shape index (κ3) is 3.65. The normalized spacial score (nSPS) is 21.7. The summed E-state index contributed by atoms with van der Waals surface area (Å²) in [7, 11) is 0. The first kappa shape index (κ1) is 13.8. The van der Waals surface area contributed by atoms with Gasteiger partial charge in [0, 0.05) is 0 Å². The lowest BCUT2D eigenvalue weighted by Crippen LogP contribution is -2.26. The topological polar surface area (TPSA) is 91.1 Å². The van der Waals surface area contributed by atoms with Crippen LogP contribution in [0.25, 0.3) is 0 Å². The number of amides is 1. The highest BCUT2D eigenvalue weighted by Gasteiger charge is 2.32. The van der Waals surface area contributed by atoms with E-state index in [9.17, 15) is 9.59 Å². The van der Waals surface area contributed by atoms with E-state index in [0.29, 0.717) is 5.17 Å². The molecule has 0 saturated carbocycles. The average Bonchev–Trinajstić information content (AvgIpc) is 2.96. The van der Waals surface area contributed by atoms with E-state index in [4.69, 9.17) is 5.11 Å². The third-order valence-corrected chi connectivity index (χ3v) is 4.36. The van der Waals surface area contributed by atoms with Gasteiger partial charge in [0.2, 0.25) is 5.91 Å². The molecular weight excluding hydrogens is 286 g/mol. The number of carbonyl (C=O) groups is 2. The number of rotatable bonds is 4. The van der Waals surface area contributed by atoms with E-state index in [1.807, 2.05) is 24.4 Å². The van der Waals surface area contributed by atoms with E-state index in [1.54, 1.807) is 11.3 Å². The zero-order valence-corrected chi connectivity index (χ0v) is 11.6. The number of carboxylic acid groups (broad SMARTS) is 1.